The van der Waals surface area contributed by atoms with Gasteiger partial charge in [0, 0.05) is 13.5 Å². The smallest absolute Gasteiger partial charge is 0.258 e. The fraction of sp³-hybridized carbons (Fsp3) is 0.556. The van der Waals surface area contributed by atoms with Crippen LogP contribution in [0.15, 0.2) is 36.6 Å². The van der Waals surface area contributed by atoms with Gasteiger partial charge in [0.05, 0.1) is 5.76 Å². The molecule has 0 unspecified atom stereocenters. The molecule has 0 bridgehead atoms. The van der Waals surface area contributed by atoms with E-state index in [2.05, 4.69) is 36.3 Å². The van der Waals surface area contributed by atoms with Crippen molar-refractivity contribution in [3.63, 3.8) is 0 Å². The predicted octanol–water partition coefficient (Wildman–Crippen LogP) is 2.85. The highest BCUT2D eigenvalue weighted by Crippen LogP contribution is 2.01. The molecule has 0 aliphatic rings. The van der Waals surface area contributed by atoms with Crippen LogP contribution in [0.5, 0.6) is 0 Å². The molecule has 5 nitrogen and oxygen atoms in total. The summed E-state index contributed by atoms with van der Waals surface area (Å²) in [5.41, 5.74) is 0. The summed E-state index contributed by atoms with van der Waals surface area (Å²) in [7, 11) is 1.55. The van der Waals surface area contributed by atoms with Gasteiger partial charge in [-0.2, -0.15) is 0 Å². The maximum atomic E-state index is 11.8. The molecule has 0 rings (SSSR count). The van der Waals surface area contributed by atoms with E-state index in [0.29, 0.717) is 18.6 Å². The van der Waals surface area contributed by atoms with Crippen LogP contribution in [-0.2, 0) is 14.3 Å². The molecule has 1 atom stereocenters. The van der Waals surface area contributed by atoms with Gasteiger partial charge in [-0.25, -0.2) is 0 Å². The number of hydrogen-bond donors (Lipinski definition) is 2. The second-order valence-electron chi connectivity index (χ2n) is 5.08. The van der Waals surface area contributed by atoms with Crippen molar-refractivity contribution in [2.45, 2.75) is 52.0 Å². The third-order valence-electron chi connectivity index (χ3n) is 3.14. The summed E-state index contributed by atoms with van der Waals surface area (Å²) in [4.78, 5) is 23.6. The summed E-state index contributed by atoms with van der Waals surface area (Å²) in [6.45, 7) is 7.55. The van der Waals surface area contributed by atoms with Crippen LogP contribution in [0.2, 0.25) is 0 Å². The summed E-state index contributed by atoms with van der Waals surface area (Å²) >= 11 is 0. The Morgan fingerprint density at radius 1 is 1.13 bits per heavy atom. The topological polar surface area (TPSA) is 67.4 Å². The lowest BCUT2D eigenvalue weighted by Gasteiger charge is -2.16. The van der Waals surface area contributed by atoms with Crippen molar-refractivity contribution >= 4 is 11.8 Å². The van der Waals surface area contributed by atoms with E-state index in [1.165, 1.54) is 0 Å². The number of nitrogens with one attached hydrogen (secondary N) is 2. The Kier molecular flexibility index (Phi) is 12.4. The van der Waals surface area contributed by atoms with E-state index in [0.717, 1.165) is 19.3 Å². The quantitative estimate of drug-likeness (QED) is 0.330. The number of ether oxygens (including phenoxy) is 1. The molecule has 0 saturated heterocycles. The van der Waals surface area contributed by atoms with Crippen LogP contribution in [0.4, 0.5) is 0 Å². The highest BCUT2D eigenvalue weighted by atomic mass is 16.5. The summed E-state index contributed by atoms with van der Waals surface area (Å²) in [6.07, 6.45) is 12.3. The van der Waals surface area contributed by atoms with Gasteiger partial charge in [-0.3, -0.25) is 9.59 Å². The van der Waals surface area contributed by atoms with Crippen molar-refractivity contribution in [1.82, 2.24) is 10.6 Å². The van der Waals surface area contributed by atoms with Crippen LogP contribution in [0, 0.1) is 0 Å². The molecule has 5 heteroatoms. The number of rotatable bonds is 12. The maximum Gasteiger partial charge on any atom is 0.258 e. The number of unbranched alkanes of at least 4 members (excludes halogenated alkanes) is 1. The lowest BCUT2D eigenvalue weighted by molar-refractivity contribution is -0.130. The van der Waals surface area contributed by atoms with Gasteiger partial charge >= 0.3 is 0 Å². The van der Waals surface area contributed by atoms with Crippen molar-refractivity contribution in [3.05, 3.63) is 36.6 Å². The first kappa shape index (κ1) is 21.0. The van der Waals surface area contributed by atoms with E-state index in [4.69, 9.17) is 4.74 Å². The second kappa shape index (κ2) is 13.6. The Labute approximate surface area is 139 Å². The Hall–Kier alpha value is -2.04. The van der Waals surface area contributed by atoms with E-state index < -0.39 is 6.04 Å². The van der Waals surface area contributed by atoms with Crippen molar-refractivity contribution in [1.29, 1.82) is 0 Å². The summed E-state index contributed by atoms with van der Waals surface area (Å²) < 4.78 is 5.18. The minimum absolute atomic E-state index is 0.119. The summed E-state index contributed by atoms with van der Waals surface area (Å²) in [6, 6.07) is -0.589. The second-order valence-corrected chi connectivity index (χ2v) is 5.08. The van der Waals surface area contributed by atoms with E-state index >= 15 is 0 Å². The van der Waals surface area contributed by atoms with Gasteiger partial charge < -0.3 is 15.4 Å². The van der Waals surface area contributed by atoms with Crippen LogP contribution in [0.3, 0.4) is 0 Å². The first-order valence-electron chi connectivity index (χ1n) is 8.16. The number of carbonyl (C=O) groups excluding carboxylic acids is 2. The molecule has 0 spiro atoms. The maximum absolute atomic E-state index is 11.8. The fourth-order valence-electron chi connectivity index (χ4n) is 1.74. The zero-order valence-electron chi connectivity index (χ0n) is 14.6. The van der Waals surface area contributed by atoms with Gasteiger partial charge in [0.2, 0.25) is 5.91 Å². The van der Waals surface area contributed by atoms with Gasteiger partial charge in [-0.15, -0.1) is 0 Å². The van der Waals surface area contributed by atoms with E-state index in [-0.39, 0.29) is 18.4 Å². The first-order chi connectivity index (χ1) is 11.0. The van der Waals surface area contributed by atoms with E-state index in [1.807, 2.05) is 19.1 Å². The van der Waals surface area contributed by atoms with Crippen LogP contribution in [0.25, 0.3) is 0 Å². The fourth-order valence-corrected chi connectivity index (χ4v) is 1.74. The molecule has 0 heterocycles. The van der Waals surface area contributed by atoms with Crippen LogP contribution >= 0.6 is 0 Å². The average molecular weight is 322 g/mol. The van der Waals surface area contributed by atoms with Crippen molar-refractivity contribution in [2.24, 2.45) is 0 Å². The van der Waals surface area contributed by atoms with Crippen molar-refractivity contribution in [2.75, 3.05) is 13.7 Å². The molecule has 23 heavy (non-hydrogen) atoms. The number of allylic oxidation sites excluding steroid dienone is 4. The van der Waals surface area contributed by atoms with Gasteiger partial charge in [0.1, 0.15) is 6.04 Å². The molecule has 0 aromatic heterocycles. The number of likely N-dealkylation sites (N-methyl/N-ethyl adjacent to an activating group) is 1. The van der Waals surface area contributed by atoms with E-state index in [9.17, 15) is 9.59 Å². The number of amides is 2. The molecule has 0 aliphatic heterocycles. The molecule has 130 valence electrons. The lowest BCUT2D eigenvalue weighted by Crippen LogP contribution is -2.46. The Morgan fingerprint density at radius 2 is 1.78 bits per heavy atom. The molecule has 2 N–H and O–H groups in total. The molecule has 0 fully saturated rings. The third-order valence-corrected chi connectivity index (χ3v) is 3.14. The Morgan fingerprint density at radius 3 is 2.35 bits per heavy atom. The Bertz CT molecular complexity index is 428. The molecule has 0 aliphatic carbocycles. The normalized spacial score (nSPS) is 12.3. The van der Waals surface area contributed by atoms with Gasteiger partial charge in [0.25, 0.3) is 5.91 Å². The number of hydrogen-bond acceptors (Lipinski definition) is 3. The standard InChI is InChI=1S/C18H30N2O3/c1-5-7-8-9-10-11-12-13-16(18(22)19-4)20-17(21)14-23-15(3)6-2/h7-8,11-12,16H,3,5-6,9-10,13-14H2,1-2,4H3,(H,19,22)(H,20,21)/b8-7+,12-11+/t16-/m0/s1. The average Bonchev–Trinajstić information content (AvgIpc) is 2.56. The molecule has 0 aromatic rings. The largest absolute Gasteiger partial charge is 0.489 e. The SMILES string of the molecule is C=C(CC)OCC(=O)N[C@@H](C/C=C/CC/C=C/CC)C(=O)NC. The molecule has 0 aromatic carbocycles. The van der Waals surface area contributed by atoms with Crippen LogP contribution in [0.1, 0.15) is 46.0 Å². The molecule has 0 radical (unpaired) electrons. The molecular weight excluding hydrogens is 292 g/mol. The third kappa shape index (κ3) is 11.2. The minimum atomic E-state index is -0.589. The van der Waals surface area contributed by atoms with Gasteiger partial charge in [-0.05, 0) is 25.7 Å². The minimum Gasteiger partial charge on any atom is -0.489 e. The summed E-state index contributed by atoms with van der Waals surface area (Å²) in [5, 5.41) is 5.23. The highest BCUT2D eigenvalue weighted by Gasteiger charge is 2.18. The lowest BCUT2D eigenvalue weighted by atomic mass is 10.1. The zero-order chi connectivity index (χ0) is 17.5. The van der Waals surface area contributed by atoms with Gasteiger partial charge in [0.15, 0.2) is 6.61 Å². The van der Waals surface area contributed by atoms with Crippen LogP contribution in [-0.4, -0.2) is 31.5 Å². The van der Waals surface area contributed by atoms with E-state index in [1.54, 1.807) is 7.05 Å². The number of carbonyl (C=O) groups is 2. The Balaban J connectivity index is 4.28. The monoisotopic (exact) mass is 322 g/mol. The molecule has 2 amide bonds. The highest BCUT2D eigenvalue weighted by molar-refractivity contribution is 5.88. The van der Waals surface area contributed by atoms with Gasteiger partial charge in [-0.1, -0.05) is 44.7 Å². The summed E-state index contributed by atoms with van der Waals surface area (Å²) in [5.74, 6) is 0.00680. The van der Waals surface area contributed by atoms with Crippen LogP contribution < -0.4 is 10.6 Å². The predicted molar refractivity (Wildman–Crippen MR) is 93.8 cm³/mol. The molecular formula is C18H30N2O3. The first-order valence-corrected chi connectivity index (χ1v) is 8.16. The van der Waals surface area contributed by atoms with Crippen molar-refractivity contribution < 1.29 is 14.3 Å². The van der Waals surface area contributed by atoms with Crippen molar-refractivity contribution in [3.8, 4) is 0 Å². The molecule has 0 saturated carbocycles. The zero-order valence-corrected chi connectivity index (χ0v) is 14.6.